The molecule has 1 atom stereocenters. The first-order valence-electron chi connectivity index (χ1n) is 3.65. The third-order valence-corrected chi connectivity index (χ3v) is 2.76. The summed E-state index contributed by atoms with van der Waals surface area (Å²) in [5.74, 6) is 0.787. The molecule has 2 rings (SSSR count). The van der Waals surface area contributed by atoms with Gasteiger partial charge < -0.3 is 5.73 Å². The number of hydrogen-bond acceptors (Lipinski definition) is 2. The van der Waals surface area contributed by atoms with E-state index < -0.39 is 0 Å². The van der Waals surface area contributed by atoms with Gasteiger partial charge in [0.2, 0.25) is 0 Å². The lowest BCUT2D eigenvalue weighted by molar-refractivity contribution is 0.636. The van der Waals surface area contributed by atoms with E-state index in [0.717, 1.165) is 5.92 Å². The van der Waals surface area contributed by atoms with Crippen LogP contribution >= 0.6 is 11.3 Å². The molecule has 1 fully saturated rings. The highest BCUT2D eigenvalue weighted by Gasteiger charge is 2.29. The van der Waals surface area contributed by atoms with Crippen LogP contribution in [0.25, 0.3) is 0 Å². The molecule has 0 amide bonds. The lowest BCUT2D eigenvalue weighted by Gasteiger charge is -2.05. The molecule has 1 nitrogen and oxygen atoms in total. The van der Waals surface area contributed by atoms with Crippen LogP contribution in [0.5, 0.6) is 0 Å². The van der Waals surface area contributed by atoms with E-state index in [0.29, 0.717) is 6.04 Å². The minimum Gasteiger partial charge on any atom is -0.324 e. The van der Waals surface area contributed by atoms with Crippen molar-refractivity contribution in [1.29, 1.82) is 0 Å². The molecule has 1 aliphatic rings. The Bertz CT molecular complexity index is 201. The maximum absolute atomic E-state index is 5.95. The SMILES string of the molecule is N[C@@H](c1ccsc1)C1CC1. The summed E-state index contributed by atoms with van der Waals surface area (Å²) in [6.45, 7) is 0. The van der Waals surface area contributed by atoms with Gasteiger partial charge in [0.15, 0.2) is 0 Å². The first-order valence-corrected chi connectivity index (χ1v) is 4.60. The molecular formula is C8H11NS. The molecule has 2 N–H and O–H groups in total. The van der Waals surface area contributed by atoms with E-state index in [-0.39, 0.29) is 0 Å². The normalized spacial score (nSPS) is 20.9. The Morgan fingerprint density at radius 2 is 2.40 bits per heavy atom. The van der Waals surface area contributed by atoms with Crippen molar-refractivity contribution >= 4 is 11.3 Å². The Balaban J connectivity index is 2.11. The van der Waals surface area contributed by atoms with Gasteiger partial charge in [-0.15, -0.1) is 0 Å². The van der Waals surface area contributed by atoms with E-state index in [1.54, 1.807) is 11.3 Å². The summed E-state index contributed by atoms with van der Waals surface area (Å²) in [5, 5.41) is 4.25. The first kappa shape index (κ1) is 6.38. The zero-order chi connectivity index (χ0) is 6.97. The minimum atomic E-state index is 0.325. The second-order valence-corrected chi connectivity index (χ2v) is 3.70. The predicted octanol–water partition coefficient (Wildman–Crippen LogP) is 2.16. The third kappa shape index (κ3) is 1.09. The van der Waals surface area contributed by atoms with E-state index in [9.17, 15) is 0 Å². The van der Waals surface area contributed by atoms with Gasteiger partial charge in [0.05, 0.1) is 0 Å². The van der Waals surface area contributed by atoms with Gasteiger partial charge in [-0.05, 0) is 41.1 Å². The van der Waals surface area contributed by atoms with Crippen molar-refractivity contribution in [2.75, 3.05) is 0 Å². The zero-order valence-corrected chi connectivity index (χ0v) is 6.60. The van der Waals surface area contributed by atoms with Crippen LogP contribution in [0.1, 0.15) is 24.4 Å². The molecule has 0 bridgehead atoms. The van der Waals surface area contributed by atoms with E-state index in [1.165, 1.54) is 18.4 Å². The van der Waals surface area contributed by atoms with Crippen molar-refractivity contribution < 1.29 is 0 Å². The Morgan fingerprint density at radius 3 is 2.90 bits per heavy atom. The molecule has 0 aliphatic heterocycles. The van der Waals surface area contributed by atoms with Crippen molar-refractivity contribution in [2.45, 2.75) is 18.9 Å². The van der Waals surface area contributed by atoms with Crippen LogP contribution in [0.3, 0.4) is 0 Å². The van der Waals surface area contributed by atoms with E-state index >= 15 is 0 Å². The van der Waals surface area contributed by atoms with Crippen LogP contribution in [0.15, 0.2) is 16.8 Å². The summed E-state index contributed by atoms with van der Waals surface area (Å²) < 4.78 is 0. The van der Waals surface area contributed by atoms with Gasteiger partial charge in [0.25, 0.3) is 0 Å². The molecule has 0 aromatic carbocycles. The van der Waals surface area contributed by atoms with Gasteiger partial charge in [-0.1, -0.05) is 0 Å². The molecule has 10 heavy (non-hydrogen) atoms. The Labute approximate surface area is 64.9 Å². The summed E-state index contributed by atoms with van der Waals surface area (Å²) in [6, 6.07) is 2.46. The van der Waals surface area contributed by atoms with Crippen molar-refractivity contribution in [1.82, 2.24) is 0 Å². The van der Waals surface area contributed by atoms with Gasteiger partial charge in [-0.2, -0.15) is 11.3 Å². The van der Waals surface area contributed by atoms with Crippen LogP contribution in [0.2, 0.25) is 0 Å². The summed E-state index contributed by atoms with van der Waals surface area (Å²) in [5.41, 5.74) is 7.28. The Hall–Kier alpha value is -0.340. The summed E-state index contributed by atoms with van der Waals surface area (Å²) in [4.78, 5) is 0. The van der Waals surface area contributed by atoms with Crippen LogP contribution < -0.4 is 5.73 Å². The van der Waals surface area contributed by atoms with Crippen LogP contribution in [0.4, 0.5) is 0 Å². The number of hydrogen-bond donors (Lipinski definition) is 1. The summed E-state index contributed by atoms with van der Waals surface area (Å²) >= 11 is 1.73. The highest BCUT2D eigenvalue weighted by atomic mass is 32.1. The molecule has 1 heterocycles. The highest BCUT2D eigenvalue weighted by molar-refractivity contribution is 7.07. The molecule has 1 saturated carbocycles. The fourth-order valence-electron chi connectivity index (χ4n) is 1.19. The summed E-state index contributed by atoms with van der Waals surface area (Å²) in [7, 11) is 0. The van der Waals surface area contributed by atoms with Crippen LogP contribution in [-0.2, 0) is 0 Å². The molecule has 0 radical (unpaired) electrons. The molecule has 1 aliphatic carbocycles. The maximum Gasteiger partial charge on any atom is 0.0331 e. The molecule has 2 heteroatoms. The second kappa shape index (κ2) is 2.36. The average Bonchev–Trinajstić information content (AvgIpc) is 2.65. The quantitative estimate of drug-likeness (QED) is 0.692. The van der Waals surface area contributed by atoms with Crippen LogP contribution in [0, 0.1) is 5.92 Å². The van der Waals surface area contributed by atoms with Crippen molar-refractivity contribution in [3.63, 3.8) is 0 Å². The van der Waals surface area contributed by atoms with Gasteiger partial charge in [-0.25, -0.2) is 0 Å². The predicted molar refractivity (Wildman–Crippen MR) is 44.0 cm³/mol. The second-order valence-electron chi connectivity index (χ2n) is 2.92. The molecule has 1 aromatic heterocycles. The third-order valence-electron chi connectivity index (χ3n) is 2.06. The van der Waals surface area contributed by atoms with E-state index in [2.05, 4.69) is 16.8 Å². The zero-order valence-electron chi connectivity index (χ0n) is 5.79. The average molecular weight is 153 g/mol. The number of thiophene rings is 1. The lowest BCUT2D eigenvalue weighted by Crippen LogP contribution is -2.10. The molecule has 0 spiro atoms. The number of rotatable bonds is 2. The molecule has 54 valence electrons. The smallest absolute Gasteiger partial charge is 0.0331 e. The topological polar surface area (TPSA) is 26.0 Å². The Kier molecular flexibility index (Phi) is 1.51. The minimum absolute atomic E-state index is 0.325. The van der Waals surface area contributed by atoms with Gasteiger partial charge >= 0.3 is 0 Å². The van der Waals surface area contributed by atoms with Crippen LogP contribution in [-0.4, -0.2) is 0 Å². The molecule has 1 aromatic rings. The lowest BCUT2D eigenvalue weighted by atomic mass is 10.1. The van der Waals surface area contributed by atoms with Gasteiger partial charge in [0, 0.05) is 6.04 Å². The Morgan fingerprint density at radius 1 is 1.60 bits per heavy atom. The first-order chi connectivity index (χ1) is 4.88. The van der Waals surface area contributed by atoms with E-state index in [4.69, 9.17) is 5.73 Å². The summed E-state index contributed by atoms with van der Waals surface area (Å²) in [6.07, 6.45) is 2.66. The monoisotopic (exact) mass is 153 g/mol. The largest absolute Gasteiger partial charge is 0.324 e. The van der Waals surface area contributed by atoms with E-state index in [1.807, 2.05) is 0 Å². The number of nitrogens with two attached hydrogens (primary N) is 1. The van der Waals surface area contributed by atoms with Crippen molar-refractivity contribution in [2.24, 2.45) is 11.7 Å². The molecule has 0 unspecified atom stereocenters. The van der Waals surface area contributed by atoms with Crippen molar-refractivity contribution in [3.05, 3.63) is 22.4 Å². The van der Waals surface area contributed by atoms with Gasteiger partial charge in [0.1, 0.15) is 0 Å². The fourth-order valence-corrected chi connectivity index (χ4v) is 1.90. The van der Waals surface area contributed by atoms with Crippen molar-refractivity contribution in [3.8, 4) is 0 Å². The maximum atomic E-state index is 5.95. The molecule has 0 saturated heterocycles. The van der Waals surface area contributed by atoms with Gasteiger partial charge in [-0.3, -0.25) is 0 Å². The molecular weight excluding hydrogens is 142 g/mol. The fraction of sp³-hybridized carbons (Fsp3) is 0.500. The standard InChI is InChI=1S/C8H11NS/c9-8(6-1-2-6)7-3-4-10-5-7/h3-6,8H,1-2,9H2/t8-/m1/s1. The highest BCUT2D eigenvalue weighted by Crippen LogP contribution is 2.39.